The lowest BCUT2D eigenvalue weighted by Crippen LogP contribution is -2.11. The third kappa shape index (κ3) is 2.70. The molecule has 0 fully saturated rings. The van der Waals surface area contributed by atoms with E-state index in [1.54, 1.807) is 36.7 Å². The Morgan fingerprint density at radius 2 is 1.91 bits per heavy atom. The molecule has 3 rings (SSSR count). The van der Waals surface area contributed by atoms with Gasteiger partial charge in [-0.2, -0.15) is 0 Å². The maximum Gasteiger partial charge on any atom is 0.237 e. The molecule has 1 aromatic carbocycles. The molecule has 0 radical (unpaired) electrons. The number of aromatic nitrogens is 3. The number of rotatable bonds is 3. The van der Waals surface area contributed by atoms with Gasteiger partial charge in [-0.05, 0) is 29.8 Å². The number of hydrazine groups is 1. The number of benzene rings is 1. The highest BCUT2D eigenvalue weighted by Gasteiger charge is 2.12. The van der Waals surface area contributed by atoms with E-state index in [-0.39, 0.29) is 11.8 Å². The Balaban J connectivity index is 2.22. The Bertz CT molecular complexity index is 821. The van der Waals surface area contributed by atoms with Crippen molar-refractivity contribution < 1.29 is 4.39 Å². The molecule has 7 heteroatoms. The maximum atomic E-state index is 13.5. The van der Waals surface area contributed by atoms with E-state index in [0.29, 0.717) is 22.6 Å². The first-order valence-electron chi connectivity index (χ1n) is 6.49. The van der Waals surface area contributed by atoms with Crippen molar-refractivity contribution in [2.75, 3.05) is 11.2 Å². The molecule has 0 amide bonds. The lowest BCUT2D eigenvalue weighted by atomic mass is 10.0. The van der Waals surface area contributed by atoms with Crippen molar-refractivity contribution in [1.82, 2.24) is 15.0 Å². The molecule has 6 nitrogen and oxygen atoms in total. The fourth-order valence-electron chi connectivity index (χ4n) is 2.13. The van der Waals surface area contributed by atoms with Gasteiger partial charge >= 0.3 is 0 Å². The van der Waals surface area contributed by atoms with Crippen LogP contribution in [-0.2, 0) is 0 Å². The molecule has 3 aromatic rings. The summed E-state index contributed by atoms with van der Waals surface area (Å²) in [6.07, 6.45) is 3.20. The molecule has 2 heterocycles. The summed E-state index contributed by atoms with van der Waals surface area (Å²) in [4.78, 5) is 12.4. The lowest BCUT2D eigenvalue weighted by molar-refractivity contribution is 0.628. The molecule has 0 bridgehead atoms. The van der Waals surface area contributed by atoms with Gasteiger partial charge in [-0.1, -0.05) is 12.1 Å². The molecule has 0 aliphatic rings. The number of hydrogen-bond donors (Lipinski definition) is 3. The van der Waals surface area contributed by atoms with Gasteiger partial charge in [0, 0.05) is 23.5 Å². The molecule has 0 aliphatic heterocycles. The fourth-order valence-corrected chi connectivity index (χ4v) is 2.13. The lowest BCUT2D eigenvalue weighted by Gasteiger charge is -2.11. The van der Waals surface area contributed by atoms with E-state index < -0.39 is 0 Å². The van der Waals surface area contributed by atoms with Crippen molar-refractivity contribution in [3.8, 4) is 22.4 Å². The summed E-state index contributed by atoms with van der Waals surface area (Å²) in [7, 11) is 0. The smallest absolute Gasteiger partial charge is 0.237 e. The Labute approximate surface area is 126 Å². The Hall–Kier alpha value is -3.06. The van der Waals surface area contributed by atoms with E-state index in [0.717, 1.165) is 5.56 Å². The monoisotopic (exact) mass is 296 g/mol. The second-order valence-electron chi connectivity index (χ2n) is 4.58. The van der Waals surface area contributed by atoms with Crippen LogP contribution in [0.5, 0.6) is 0 Å². The zero-order chi connectivity index (χ0) is 15.5. The summed E-state index contributed by atoms with van der Waals surface area (Å²) in [5.41, 5.74) is 10.8. The molecule has 0 atom stereocenters. The number of nitrogen functional groups attached to an aromatic ring is 2. The van der Waals surface area contributed by atoms with Crippen LogP contribution in [0.3, 0.4) is 0 Å². The zero-order valence-electron chi connectivity index (χ0n) is 11.5. The van der Waals surface area contributed by atoms with Gasteiger partial charge in [0.25, 0.3) is 0 Å². The molecule has 0 spiro atoms. The summed E-state index contributed by atoms with van der Waals surface area (Å²) >= 11 is 0. The minimum Gasteiger partial charge on any atom is -0.384 e. The SMILES string of the molecule is NNc1ncc(-c2ccnc(N)c2)c(-c2cccc(F)c2)n1. The Morgan fingerprint density at radius 3 is 2.64 bits per heavy atom. The van der Waals surface area contributed by atoms with Crippen molar-refractivity contribution in [2.24, 2.45) is 5.84 Å². The molecular weight excluding hydrogens is 283 g/mol. The Morgan fingerprint density at radius 1 is 1.05 bits per heavy atom. The van der Waals surface area contributed by atoms with E-state index >= 15 is 0 Å². The largest absolute Gasteiger partial charge is 0.384 e. The van der Waals surface area contributed by atoms with E-state index in [9.17, 15) is 4.39 Å². The molecule has 0 unspecified atom stereocenters. The van der Waals surface area contributed by atoms with Crippen LogP contribution in [0.25, 0.3) is 22.4 Å². The normalized spacial score (nSPS) is 10.5. The van der Waals surface area contributed by atoms with E-state index in [4.69, 9.17) is 11.6 Å². The van der Waals surface area contributed by atoms with Gasteiger partial charge in [-0.15, -0.1) is 0 Å². The summed E-state index contributed by atoms with van der Waals surface area (Å²) in [5.74, 6) is 5.63. The van der Waals surface area contributed by atoms with Gasteiger partial charge in [0.15, 0.2) is 0 Å². The van der Waals surface area contributed by atoms with E-state index in [1.165, 1.54) is 12.1 Å². The first kappa shape index (κ1) is 13.9. The fraction of sp³-hybridized carbons (Fsp3) is 0. The average Bonchev–Trinajstić information content (AvgIpc) is 2.54. The van der Waals surface area contributed by atoms with E-state index in [1.807, 2.05) is 0 Å². The predicted octanol–water partition coefficient (Wildman–Crippen LogP) is 2.21. The van der Waals surface area contributed by atoms with Gasteiger partial charge < -0.3 is 5.73 Å². The number of halogens is 1. The van der Waals surface area contributed by atoms with Gasteiger partial charge in [0.1, 0.15) is 11.6 Å². The van der Waals surface area contributed by atoms with Crippen molar-refractivity contribution in [1.29, 1.82) is 0 Å². The summed E-state index contributed by atoms with van der Waals surface area (Å²) in [5, 5.41) is 0. The molecule has 110 valence electrons. The predicted molar refractivity (Wildman–Crippen MR) is 82.9 cm³/mol. The molecular formula is C15H13FN6. The number of anilines is 2. The highest BCUT2D eigenvalue weighted by Crippen LogP contribution is 2.31. The van der Waals surface area contributed by atoms with Crippen LogP contribution in [-0.4, -0.2) is 15.0 Å². The molecule has 2 aromatic heterocycles. The molecule has 0 saturated carbocycles. The number of hydrogen-bond acceptors (Lipinski definition) is 6. The zero-order valence-corrected chi connectivity index (χ0v) is 11.5. The second-order valence-corrected chi connectivity index (χ2v) is 4.58. The van der Waals surface area contributed by atoms with Gasteiger partial charge in [0.05, 0.1) is 5.69 Å². The van der Waals surface area contributed by atoms with Crippen LogP contribution < -0.4 is 17.0 Å². The molecule has 22 heavy (non-hydrogen) atoms. The topological polar surface area (TPSA) is 103 Å². The molecule has 0 saturated heterocycles. The minimum absolute atomic E-state index is 0.241. The second kappa shape index (κ2) is 5.74. The highest BCUT2D eigenvalue weighted by molar-refractivity contribution is 5.81. The third-order valence-corrected chi connectivity index (χ3v) is 3.11. The first-order chi connectivity index (χ1) is 10.7. The number of pyridine rings is 1. The summed E-state index contributed by atoms with van der Waals surface area (Å²) in [6.45, 7) is 0. The van der Waals surface area contributed by atoms with Crippen LogP contribution in [0.1, 0.15) is 0 Å². The van der Waals surface area contributed by atoms with Crippen LogP contribution >= 0.6 is 0 Å². The van der Waals surface area contributed by atoms with Gasteiger partial charge in [0.2, 0.25) is 5.95 Å². The van der Waals surface area contributed by atoms with Crippen molar-refractivity contribution in [2.45, 2.75) is 0 Å². The summed E-state index contributed by atoms with van der Waals surface area (Å²) in [6, 6.07) is 9.64. The van der Waals surface area contributed by atoms with Crippen LogP contribution in [0.2, 0.25) is 0 Å². The quantitative estimate of drug-likeness (QED) is 0.506. The molecule has 5 N–H and O–H groups in total. The summed E-state index contributed by atoms with van der Waals surface area (Å²) < 4.78 is 13.5. The van der Waals surface area contributed by atoms with Crippen LogP contribution in [0.4, 0.5) is 16.2 Å². The minimum atomic E-state index is -0.349. The number of nitrogens with zero attached hydrogens (tertiary/aromatic N) is 3. The third-order valence-electron chi connectivity index (χ3n) is 3.11. The standard InChI is InChI=1S/C15H13FN6/c16-11-3-1-2-10(6-11)14-12(8-20-15(21-14)22-18)9-4-5-19-13(17)7-9/h1-8H,18H2,(H2,17,19)(H,20,21,22). The van der Waals surface area contributed by atoms with Crippen molar-refractivity contribution in [3.05, 3.63) is 54.6 Å². The average molecular weight is 296 g/mol. The first-order valence-corrected chi connectivity index (χ1v) is 6.49. The maximum absolute atomic E-state index is 13.5. The van der Waals surface area contributed by atoms with Crippen LogP contribution in [0.15, 0.2) is 48.8 Å². The number of nitrogens with two attached hydrogens (primary N) is 2. The number of nitrogens with one attached hydrogen (secondary N) is 1. The van der Waals surface area contributed by atoms with Crippen molar-refractivity contribution >= 4 is 11.8 Å². The highest BCUT2D eigenvalue weighted by atomic mass is 19.1. The van der Waals surface area contributed by atoms with E-state index in [2.05, 4.69) is 20.4 Å². The van der Waals surface area contributed by atoms with Gasteiger partial charge in [-0.25, -0.2) is 25.2 Å². The Kier molecular flexibility index (Phi) is 3.63. The molecule has 0 aliphatic carbocycles. The van der Waals surface area contributed by atoms with Gasteiger partial charge in [-0.3, -0.25) is 5.43 Å². The van der Waals surface area contributed by atoms with Crippen molar-refractivity contribution in [3.63, 3.8) is 0 Å². The van der Waals surface area contributed by atoms with Crippen LogP contribution in [0, 0.1) is 5.82 Å².